The molecule has 0 aliphatic heterocycles. The number of rotatable bonds is 5. The number of halogens is 1. The summed E-state index contributed by atoms with van der Waals surface area (Å²) in [4.78, 5) is 15.8. The van der Waals surface area contributed by atoms with Crippen molar-refractivity contribution in [3.8, 4) is 11.5 Å². The number of carbonyl (C=O) groups excluding carboxylic acids is 1. The summed E-state index contributed by atoms with van der Waals surface area (Å²) >= 11 is 0. The van der Waals surface area contributed by atoms with E-state index in [4.69, 9.17) is 4.74 Å². The highest BCUT2D eigenvalue weighted by molar-refractivity contribution is 5.89. The van der Waals surface area contributed by atoms with Gasteiger partial charge in [-0.05, 0) is 46.8 Å². The number of hydrogen-bond donors (Lipinski definition) is 1. The van der Waals surface area contributed by atoms with Gasteiger partial charge < -0.3 is 10.1 Å². The van der Waals surface area contributed by atoms with Crippen LogP contribution < -0.4 is 10.1 Å². The van der Waals surface area contributed by atoms with Gasteiger partial charge in [0.15, 0.2) is 0 Å². The van der Waals surface area contributed by atoms with Crippen LogP contribution in [0.3, 0.4) is 0 Å². The molecule has 0 atom stereocenters. The molecule has 0 bridgehead atoms. The first-order valence-corrected chi connectivity index (χ1v) is 6.59. The van der Waals surface area contributed by atoms with Crippen molar-refractivity contribution in [1.82, 2.24) is 25.2 Å². The van der Waals surface area contributed by atoms with Crippen molar-refractivity contribution in [2.24, 2.45) is 0 Å². The number of anilines is 1. The van der Waals surface area contributed by atoms with E-state index in [1.165, 1.54) is 41.5 Å². The topological polar surface area (TPSA) is 94.8 Å². The highest BCUT2D eigenvalue weighted by atomic mass is 19.1. The molecule has 1 N–H and O–H groups in total. The maximum atomic E-state index is 12.8. The maximum absolute atomic E-state index is 12.8. The molecule has 0 radical (unpaired) electrons. The van der Waals surface area contributed by atoms with Crippen LogP contribution in [0.25, 0.3) is 0 Å². The largest absolute Gasteiger partial charge is 0.456 e. The molecular formula is C14H11FN6O2. The molecule has 0 aliphatic carbocycles. The highest BCUT2D eigenvalue weighted by Crippen LogP contribution is 2.21. The van der Waals surface area contributed by atoms with Gasteiger partial charge in [0.2, 0.25) is 5.91 Å². The number of benzene rings is 1. The van der Waals surface area contributed by atoms with E-state index in [2.05, 4.69) is 25.8 Å². The first-order chi connectivity index (χ1) is 11.2. The summed E-state index contributed by atoms with van der Waals surface area (Å²) in [5.74, 6) is 0.682. The quantitative estimate of drug-likeness (QED) is 0.769. The molecule has 3 aromatic rings. The lowest BCUT2D eigenvalue weighted by Gasteiger charge is -2.07. The molecule has 0 saturated heterocycles. The van der Waals surface area contributed by atoms with E-state index in [1.54, 1.807) is 12.1 Å². The minimum Gasteiger partial charge on any atom is -0.456 e. The molecule has 23 heavy (non-hydrogen) atoms. The van der Waals surface area contributed by atoms with E-state index in [-0.39, 0.29) is 18.3 Å². The first kappa shape index (κ1) is 14.6. The Bertz CT molecular complexity index is 774. The number of aromatic nitrogens is 5. The summed E-state index contributed by atoms with van der Waals surface area (Å²) in [6.07, 6.45) is 2.79. The first-order valence-electron chi connectivity index (χ1n) is 6.59. The molecule has 0 fully saturated rings. The molecule has 9 heteroatoms. The smallest absolute Gasteiger partial charge is 0.247 e. The average molecular weight is 314 g/mol. The summed E-state index contributed by atoms with van der Waals surface area (Å²) in [6.45, 7) is -0.0114. The fraction of sp³-hybridized carbons (Fsp3) is 0.0714. The zero-order chi connectivity index (χ0) is 16.1. The summed E-state index contributed by atoms with van der Waals surface area (Å²) in [6, 6.07) is 8.86. The number of nitrogens with one attached hydrogen (secondary N) is 1. The van der Waals surface area contributed by atoms with E-state index < -0.39 is 0 Å². The Hall–Kier alpha value is -3.36. The van der Waals surface area contributed by atoms with Crippen LogP contribution in [0.4, 0.5) is 10.2 Å². The molecule has 0 unspecified atom stereocenters. The van der Waals surface area contributed by atoms with Crippen LogP contribution in [-0.2, 0) is 11.3 Å². The number of ether oxygens (including phenoxy) is 1. The zero-order valence-corrected chi connectivity index (χ0v) is 11.8. The number of hydrogen-bond acceptors (Lipinski definition) is 6. The van der Waals surface area contributed by atoms with Gasteiger partial charge >= 0.3 is 0 Å². The molecule has 0 saturated carbocycles. The van der Waals surface area contributed by atoms with Crippen LogP contribution in [0.15, 0.2) is 48.9 Å². The Morgan fingerprint density at radius 3 is 2.61 bits per heavy atom. The van der Waals surface area contributed by atoms with Crippen molar-refractivity contribution < 1.29 is 13.9 Å². The molecule has 8 nitrogen and oxygen atoms in total. The van der Waals surface area contributed by atoms with Gasteiger partial charge in [-0.2, -0.15) is 0 Å². The molecule has 2 heterocycles. The van der Waals surface area contributed by atoms with Crippen LogP contribution in [0, 0.1) is 5.82 Å². The molecule has 0 aliphatic rings. The number of pyridine rings is 1. The third-order valence-corrected chi connectivity index (χ3v) is 2.75. The van der Waals surface area contributed by atoms with Gasteiger partial charge in [0.1, 0.15) is 36.0 Å². The second-order valence-electron chi connectivity index (χ2n) is 4.49. The maximum Gasteiger partial charge on any atom is 0.247 e. The van der Waals surface area contributed by atoms with Gasteiger partial charge in [0.05, 0.1) is 6.20 Å². The highest BCUT2D eigenvalue weighted by Gasteiger charge is 2.06. The van der Waals surface area contributed by atoms with Gasteiger partial charge in [0.25, 0.3) is 0 Å². The molecule has 1 amide bonds. The third-order valence-electron chi connectivity index (χ3n) is 2.75. The lowest BCUT2D eigenvalue weighted by Crippen LogP contribution is -2.19. The fourth-order valence-corrected chi connectivity index (χ4v) is 1.74. The minimum atomic E-state index is -0.337. The second kappa shape index (κ2) is 6.60. The SMILES string of the molecule is O=C(Cn1cnnn1)Nc1ccc(Oc2ccc(F)cc2)cn1. The van der Waals surface area contributed by atoms with Crippen molar-refractivity contribution in [2.45, 2.75) is 6.54 Å². The molecule has 1 aromatic carbocycles. The van der Waals surface area contributed by atoms with Gasteiger partial charge in [-0.15, -0.1) is 5.10 Å². The number of carbonyl (C=O) groups is 1. The number of amides is 1. The summed E-state index contributed by atoms with van der Waals surface area (Å²) in [5, 5.41) is 13.1. The Kier molecular flexibility index (Phi) is 4.18. The van der Waals surface area contributed by atoms with E-state index in [0.29, 0.717) is 17.3 Å². The van der Waals surface area contributed by atoms with E-state index in [1.807, 2.05) is 0 Å². The van der Waals surface area contributed by atoms with Gasteiger partial charge in [-0.3, -0.25) is 4.79 Å². The predicted octanol–water partition coefficient (Wildman–Crippen LogP) is 1.64. The number of tetrazole rings is 1. The monoisotopic (exact) mass is 314 g/mol. The van der Waals surface area contributed by atoms with Crippen molar-refractivity contribution in [2.75, 3.05) is 5.32 Å². The lowest BCUT2D eigenvalue weighted by molar-refractivity contribution is -0.117. The fourth-order valence-electron chi connectivity index (χ4n) is 1.74. The van der Waals surface area contributed by atoms with Crippen molar-refractivity contribution in [1.29, 1.82) is 0 Å². The minimum absolute atomic E-state index is 0.0114. The van der Waals surface area contributed by atoms with Gasteiger partial charge in [-0.25, -0.2) is 14.1 Å². The summed E-state index contributed by atoms with van der Waals surface area (Å²) < 4.78 is 19.6. The normalized spacial score (nSPS) is 10.3. The van der Waals surface area contributed by atoms with Crippen molar-refractivity contribution in [3.63, 3.8) is 0 Å². The molecule has 0 spiro atoms. The third kappa shape index (κ3) is 4.06. The molecule has 2 aromatic heterocycles. The Morgan fingerprint density at radius 1 is 1.17 bits per heavy atom. The van der Waals surface area contributed by atoms with Crippen molar-refractivity contribution >= 4 is 11.7 Å². The van der Waals surface area contributed by atoms with Crippen LogP contribution in [0.1, 0.15) is 0 Å². The van der Waals surface area contributed by atoms with Gasteiger partial charge in [-0.1, -0.05) is 0 Å². The predicted molar refractivity (Wildman–Crippen MR) is 77.2 cm³/mol. The number of nitrogens with zero attached hydrogens (tertiary/aromatic N) is 5. The van der Waals surface area contributed by atoms with Crippen LogP contribution >= 0.6 is 0 Å². The van der Waals surface area contributed by atoms with Crippen LogP contribution in [0.2, 0.25) is 0 Å². The van der Waals surface area contributed by atoms with E-state index in [0.717, 1.165) is 0 Å². The molecule has 3 rings (SSSR count). The lowest BCUT2D eigenvalue weighted by atomic mass is 10.3. The average Bonchev–Trinajstić information content (AvgIpc) is 3.04. The standard InChI is InChI=1S/C14H11FN6O2/c15-10-1-3-11(4-2-10)23-12-5-6-13(16-7-12)18-14(22)8-21-9-17-19-20-21/h1-7,9H,8H2,(H,16,18,22). The second-order valence-corrected chi connectivity index (χ2v) is 4.49. The Labute approximate surface area is 129 Å². The summed E-state index contributed by atoms with van der Waals surface area (Å²) in [5.41, 5.74) is 0. The van der Waals surface area contributed by atoms with Crippen LogP contribution in [0.5, 0.6) is 11.5 Å². The zero-order valence-electron chi connectivity index (χ0n) is 11.8. The van der Waals surface area contributed by atoms with E-state index in [9.17, 15) is 9.18 Å². The van der Waals surface area contributed by atoms with Crippen molar-refractivity contribution in [3.05, 3.63) is 54.7 Å². The Balaban J connectivity index is 1.58. The summed E-state index contributed by atoms with van der Waals surface area (Å²) in [7, 11) is 0. The van der Waals surface area contributed by atoms with Crippen LogP contribution in [-0.4, -0.2) is 31.1 Å². The molecule has 116 valence electrons. The Morgan fingerprint density at radius 2 is 1.96 bits per heavy atom. The van der Waals surface area contributed by atoms with E-state index >= 15 is 0 Å². The molecular weight excluding hydrogens is 303 g/mol. The van der Waals surface area contributed by atoms with Gasteiger partial charge in [0, 0.05) is 0 Å².